The van der Waals surface area contributed by atoms with Crippen molar-refractivity contribution in [3.05, 3.63) is 18.6 Å². The minimum atomic E-state index is -1.20. The zero-order valence-corrected chi connectivity index (χ0v) is 11.0. The Morgan fingerprint density at radius 1 is 1.62 bits per heavy atom. The third-order valence-electron chi connectivity index (χ3n) is 2.82. The van der Waals surface area contributed by atoms with Crippen LogP contribution in [0.15, 0.2) is 17.9 Å². The van der Waals surface area contributed by atoms with E-state index in [-0.39, 0.29) is 23.8 Å². The Bertz CT molecular complexity index is 557. The van der Waals surface area contributed by atoms with Crippen molar-refractivity contribution in [2.24, 2.45) is 16.5 Å². The summed E-state index contributed by atoms with van der Waals surface area (Å²) in [6.45, 7) is 3.01. The monoisotopic (exact) mass is 301 g/mol. The molecule has 2 heterocycles. The van der Waals surface area contributed by atoms with Crippen LogP contribution in [0.5, 0.6) is 0 Å². The first-order chi connectivity index (χ1) is 9.93. The molecule has 1 aromatic rings. The molecule has 116 valence electrons. The molecule has 0 aliphatic carbocycles. The second-order valence-electron chi connectivity index (χ2n) is 4.35. The largest absolute Gasteiger partial charge is 0.397 e. The van der Waals surface area contributed by atoms with Crippen molar-refractivity contribution >= 4 is 17.6 Å². The Balaban J connectivity index is 2.35. The van der Waals surface area contributed by atoms with Crippen LogP contribution in [-0.2, 0) is 9.47 Å². The van der Waals surface area contributed by atoms with Crippen molar-refractivity contribution < 1.29 is 24.1 Å². The van der Waals surface area contributed by atoms with Crippen LogP contribution in [0, 0.1) is 0 Å². The molecule has 2 rings (SSSR count). The van der Waals surface area contributed by atoms with E-state index in [4.69, 9.17) is 26.0 Å². The molecule has 0 radical (unpaired) electrons. The van der Waals surface area contributed by atoms with Gasteiger partial charge in [-0.3, -0.25) is 4.57 Å². The van der Waals surface area contributed by atoms with Crippen molar-refractivity contribution in [1.82, 2.24) is 9.55 Å². The molecule has 0 bridgehead atoms. The first kappa shape index (κ1) is 15.4. The van der Waals surface area contributed by atoms with Crippen LogP contribution >= 0.6 is 0 Å². The molecule has 2 unspecified atom stereocenters. The number of rotatable bonds is 4. The van der Waals surface area contributed by atoms with Gasteiger partial charge in [0.25, 0.3) is 6.09 Å². The van der Waals surface area contributed by atoms with E-state index in [9.17, 15) is 9.50 Å². The number of aromatic nitrogens is 2. The highest BCUT2D eigenvalue weighted by Crippen LogP contribution is 2.30. The van der Waals surface area contributed by atoms with Crippen LogP contribution in [0.2, 0.25) is 0 Å². The molecule has 1 aromatic heterocycles. The maximum atomic E-state index is 12.9. The number of aliphatic hydroxyl groups is 2. The van der Waals surface area contributed by atoms with E-state index in [1.54, 1.807) is 0 Å². The Morgan fingerprint density at radius 3 is 2.90 bits per heavy atom. The van der Waals surface area contributed by atoms with Gasteiger partial charge in [-0.1, -0.05) is 6.58 Å². The van der Waals surface area contributed by atoms with Gasteiger partial charge in [0, 0.05) is 0 Å². The van der Waals surface area contributed by atoms with Gasteiger partial charge in [-0.05, 0) is 0 Å². The molecule has 21 heavy (non-hydrogen) atoms. The van der Waals surface area contributed by atoms with Crippen LogP contribution in [0.4, 0.5) is 10.2 Å². The highest BCUT2D eigenvalue weighted by molar-refractivity contribution is 5.76. The minimum Gasteiger partial charge on any atom is -0.397 e. The van der Waals surface area contributed by atoms with Crippen LogP contribution in [0.25, 0.3) is 5.70 Å². The van der Waals surface area contributed by atoms with Gasteiger partial charge in [0.15, 0.2) is 5.82 Å². The van der Waals surface area contributed by atoms with E-state index in [1.807, 2.05) is 0 Å². The lowest BCUT2D eigenvalue weighted by atomic mass is 10.2. The van der Waals surface area contributed by atoms with Crippen LogP contribution in [0.3, 0.4) is 0 Å². The summed E-state index contributed by atoms with van der Waals surface area (Å²) in [7, 11) is 0. The van der Waals surface area contributed by atoms with Gasteiger partial charge in [-0.25, -0.2) is 4.98 Å². The zero-order chi connectivity index (χ0) is 15.6. The number of hydrogen-bond donors (Lipinski definition) is 4. The first-order valence-electron chi connectivity index (χ1n) is 6.01. The second-order valence-corrected chi connectivity index (χ2v) is 4.35. The molecule has 10 heteroatoms. The molecular weight excluding hydrogens is 285 g/mol. The summed E-state index contributed by atoms with van der Waals surface area (Å²) in [5, 5.41) is 18.7. The molecule has 0 saturated carbocycles. The maximum Gasteiger partial charge on any atom is 0.281 e. The molecule has 0 spiro atoms. The van der Waals surface area contributed by atoms with Gasteiger partial charge >= 0.3 is 0 Å². The van der Waals surface area contributed by atoms with E-state index in [2.05, 4.69) is 16.6 Å². The maximum absolute atomic E-state index is 12.9. The van der Waals surface area contributed by atoms with Gasteiger partial charge in [0.05, 0.1) is 18.9 Å². The molecule has 0 amide bonds. The lowest BCUT2D eigenvalue weighted by Crippen LogP contribution is -2.43. The Morgan fingerprint density at radius 2 is 2.33 bits per heavy atom. The average Bonchev–Trinajstić information content (AvgIpc) is 2.82. The molecule has 3 atom stereocenters. The van der Waals surface area contributed by atoms with Crippen LogP contribution in [-0.4, -0.2) is 51.3 Å². The molecule has 1 aliphatic rings. The smallest absolute Gasteiger partial charge is 0.281 e. The molecule has 1 aliphatic heterocycles. The highest BCUT2D eigenvalue weighted by atomic mass is 19.1. The molecule has 1 fully saturated rings. The Labute approximate surface area is 119 Å². The number of aliphatic hydroxyl groups excluding tert-OH is 2. The van der Waals surface area contributed by atoms with Gasteiger partial charge in [-0.15, -0.1) is 0 Å². The van der Waals surface area contributed by atoms with Crippen molar-refractivity contribution in [3.63, 3.8) is 0 Å². The summed E-state index contributed by atoms with van der Waals surface area (Å²) in [4.78, 5) is 7.43. The zero-order valence-electron chi connectivity index (χ0n) is 11.0. The average molecular weight is 301 g/mol. The fourth-order valence-corrected chi connectivity index (χ4v) is 1.83. The van der Waals surface area contributed by atoms with Crippen molar-refractivity contribution in [2.45, 2.75) is 18.6 Å². The van der Waals surface area contributed by atoms with Crippen molar-refractivity contribution in [2.75, 3.05) is 13.2 Å². The summed E-state index contributed by atoms with van der Waals surface area (Å²) >= 11 is 0. The number of halogens is 1. The number of nitrogens with two attached hydrogens (primary N) is 2. The minimum absolute atomic E-state index is 0.0411. The number of hydrogen-bond acceptors (Lipinski definition) is 7. The molecule has 9 nitrogen and oxygen atoms in total. The van der Waals surface area contributed by atoms with Crippen LogP contribution in [0.1, 0.15) is 12.1 Å². The van der Waals surface area contributed by atoms with E-state index < -0.39 is 31.3 Å². The van der Waals surface area contributed by atoms with Gasteiger partial charge < -0.3 is 31.2 Å². The van der Waals surface area contributed by atoms with Crippen molar-refractivity contribution in [1.29, 1.82) is 0 Å². The lowest BCUT2D eigenvalue weighted by Gasteiger charge is -2.33. The summed E-state index contributed by atoms with van der Waals surface area (Å²) in [6.07, 6.45) is -2.84. The Kier molecular flexibility index (Phi) is 4.53. The SMILES string of the molecule is C=C(N)c1ncn(C2OCC(O)[C@@H](CO)O2)c1/N=C(\N)F. The topological polar surface area (TPSA) is 141 Å². The number of amidine groups is 1. The summed E-state index contributed by atoms with van der Waals surface area (Å²) in [5.74, 6) is -0.0411. The van der Waals surface area contributed by atoms with Crippen molar-refractivity contribution in [3.8, 4) is 0 Å². The third-order valence-corrected chi connectivity index (χ3v) is 2.82. The fraction of sp³-hybridized carbons (Fsp3) is 0.455. The van der Waals surface area contributed by atoms with E-state index in [0.717, 1.165) is 0 Å². The number of ether oxygens (including phenoxy) is 2. The molecule has 0 aromatic carbocycles. The molecule has 1 saturated heterocycles. The number of nitrogens with zero attached hydrogens (tertiary/aromatic N) is 3. The van der Waals surface area contributed by atoms with E-state index in [0.29, 0.717) is 0 Å². The first-order valence-corrected chi connectivity index (χ1v) is 6.01. The summed E-state index contributed by atoms with van der Waals surface area (Å²) in [6, 6.07) is 0. The van der Waals surface area contributed by atoms with Gasteiger partial charge in [0.2, 0.25) is 6.41 Å². The fourth-order valence-electron chi connectivity index (χ4n) is 1.83. The summed E-state index contributed by atoms with van der Waals surface area (Å²) in [5.41, 5.74) is 10.7. The third kappa shape index (κ3) is 3.19. The van der Waals surface area contributed by atoms with Gasteiger partial charge in [0.1, 0.15) is 24.2 Å². The van der Waals surface area contributed by atoms with Gasteiger partial charge in [-0.2, -0.15) is 9.38 Å². The predicted molar refractivity (Wildman–Crippen MR) is 70.8 cm³/mol. The lowest BCUT2D eigenvalue weighted by molar-refractivity contribution is -0.291. The molecule has 6 N–H and O–H groups in total. The van der Waals surface area contributed by atoms with E-state index >= 15 is 0 Å². The van der Waals surface area contributed by atoms with Crippen LogP contribution < -0.4 is 11.5 Å². The number of imidazole rings is 1. The number of aliphatic imine (C=N–C) groups is 1. The second kappa shape index (κ2) is 6.18. The quantitative estimate of drug-likeness (QED) is 0.316. The standard InChI is InChI=1S/C11H16FN5O4/c1-5(13)8-9(16-10(12)14)17(4-15-8)11-20-3-6(19)7(2-18)21-11/h4,6-7,11,18-19H,1-3,13H2,(H2,14,16)/t6?,7-,11?/m1/s1. The highest BCUT2D eigenvalue weighted by Gasteiger charge is 2.32. The summed E-state index contributed by atoms with van der Waals surface area (Å²) < 4.78 is 24.8. The normalized spacial score (nSPS) is 26.8. The molecular formula is C11H16FN5O4. The Hall–Kier alpha value is -2.01. The predicted octanol–water partition coefficient (Wildman–Crippen LogP) is -1.05. The van der Waals surface area contributed by atoms with E-state index in [1.165, 1.54) is 10.9 Å².